The van der Waals surface area contributed by atoms with Crippen molar-refractivity contribution in [1.29, 1.82) is 0 Å². The summed E-state index contributed by atoms with van der Waals surface area (Å²) in [7, 11) is 0. The Morgan fingerprint density at radius 2 is 1.56 bits per heavy atom. The van der Waals surface area contributed by atoms with Crippen LogP contribution in [0.15, 0.2) is 30.3 Å². The van der Waals surface area contributed by atoms with Crippen LogP contribution in [0.3, 0.4) is 0 Å². The summed E-state index contributed by atoms with van der Waals surface area (Å²) in [5.74, 6) is -1.06. The summed E-state index contributed by atoms with van der Waals surface area (Å²) in [6.07, 6.45) is 0. The molecule has 0 aromatic heterocycles. The smallest absolute Gasteiger partial charge is 0.156 e. The largest absolute Gasteiger partial charge is 0.455 e. The molecule has 0 atom stereocenters. The van der Waals surface area contributed by atoms with E-state index in [1.807, 2.05) is 19.9 Å². The molecule has 0 saturated carbocycles. The van der Waals surface area contributed by atoms with Crippen molar-refractivity contribution in [3.63, 3.8) is 0 Å². The van der Waals surface area contributed by atoms with Crippen LogP contribution in [-0.2, 0) is 0 Å². The van der Waals surface area contributed by atoms with Gasteiger partial charge < -0.3 is 10.5 Å². The van der Waals surface area contributed by atoms with Crippen LogP contribution in [0.4, 0.5) is 14.5 Å². The average Bonchev–Trinajstić information content (AvgIpc) is 2.23. The Kier molecular flexibility index (Phi) is 3.19. The molecule has 0 bridgehead atoms. The highest BCUT2D eigenvalue weighted by atomic mass is 19.1. The quantitative estimate of drug-likeness (QED) is 0.818. The molecular formula is C14H13F2NO. The van der Waals surface area contributed by atoms with Gasteiger partial charge in [-0.05, 0) is 37.1 Å². The molecule has 2 N–H and O–H groups in total. The zero-order valence-electron chi connectivity index (χ0n) is 10.1. The van der Waals surface area contributed by atoms with Crippen LogP contribution in [-0.4, -0.2) is 0 Å². The number of halogens is 2. The Labute approximate surface area is 104 Å². The summed E-state index contributed by atoms with van der Waals surface area (Å²) in [6, 6.07) is 7.31. The van der Waals surface area contributed by atoms with Gasteiger partial charge in [0.15, 0.2) is 11.6 Å². The van der Waals surface area contributed by atoms with Gasteiger partial charge in [-0.25, -0.2) is 8.78 Å². The van der Waals surface area contributed by atoms with E-state index in [1.165, 1.54) is 0 Å². The molecule has 2 aromatic rings. The van der Waals surface area contributed by atoms with Gasteiger partial charge in [-0.2, -0.15) is 0 Å². The number of hydrogen-bond donors (Lipinski definition) is 1. The van der Waals surface area contributed by atoms with Gasteiger partial charge in [-0.15, -0.1) is 0 Å². The van der Waals surface area contributed by atoms with Crippen molar-refractivity contribution < 1.29 is 13.5 Å². The first kappa shape index (κ1) is 12.4. The van der Waals surface area contributed by atoms with E-state index in [0.29, 0.717) is 5.75 Å². The highest BCUT2D eigenvalue weighted by Crippen LogP contribution is 2.31. The van der Waals surface area contributed by atoms with E-state index in [-0.39, 0.29) is 11.4 Å². The molecule has 0 aliphatic carbocycles. The van der Waals surface area contributed by atoms with Gasteiger partial charge in [-0.1, -0.05) is 6.07 Å². The third-order valence-electron chi connectivity index (χ3n) is 2.48. The number of aryl methyl sites for hydroxylation is 2. The first-order chi connectivity index (χ1) is 8.45. The minimum atomic E-state index is -0.825. The lowest BCUT2D eigenvalue weighted by Crippen LogP contribution is -1.97. The van der Waals surface area contributed by atoms with Gasteiger partial charge in [0.05, 0.1) is 0 Å². The molecule has 2 aromatic carbocycles. The van der Waals surface area contributed by atoms with Gasteiger partial charge in [0.25, 0.3) is 0 Å². The Morgan fingerprint density at radius 3 is 2.17 bits per heavy atom. The molecule has 0 unspecified atom stereocenters. The van der Waals surface area contributed by atoms with E-state index in [4.69, 9.17) is 10.5 Å². The predicted molar refractivity (Wildman–Crippen MR) is 66.8 cm³/mol. The van der Waals surface area contributed by atoms with Crippen LogP contribution in [0.2, 0.25) is 0 Å². The van der Waals surface area contributed by atoms with Crippen molar-refractivity contribution >= 4 is 5.69 Å². The molecular weight excluding hydrogens is 236 g/mol. The second kappa shape index (κ2) is 4.64. The summed E-state index contributed by atoms with van der Waals surface area (Å²) in [4.78, 5) is 0. The van der Waals surface area contributed by atoms with Crippen molar-refractivity contribution in [3.05, 3.63) is 53.1 Å². The lowest BCUT2D eigenvalue weighted by atomic mass is 10.1. The number of anilines is 1. The van der Waals surface area contributed by atoms with Crippen LogP contribution in [0, 0.1) is 25.5 Å². The summed E-state index contributed by atoms with van der Waals surface area (Å²) < 4.78 is 31.8. The number of nitrogen functional groups attached to an aromatic ring is 1. The Morgan fingerprint density at radius 1 is 0.944 bits per heavy atom. The third kappa shape index (κ3) is 2.59. The summed E-state index contributed by atoms with van der Waals surface area (Å²) >= 11 is 0. The van der Waals surface area contributed by atoms with Gasteiger partial charge in [0, 0.05) is 12.1 Å². The Hall–Kier alpha value is -2.10. The molecule has 0 radical (unpaired) electrons. The van der Waals surface area contributed by atoms with E-state index >= 15 is 0 Å². The van der Waals surface area contributed by atoms with E-state index in [1.54, 1.807) is 12.1 Å². The van der Waals surface area contributed by atoms with Crippen LogP contribution >= 0.6 is 0 Å². The summed E-state index contributed by atoms with van der Waals surface area (Å²) in [5.41, 5.74) is 7.31. The maximum absolute atomic E-state index is 13.3. The molecule has 94 valence electrons. The standard InChI is InChI=1S/C14H13F2NO/c1-8-3-9(2)5-11(4-8)18-13-7-10(15)6-12(16)14(13)17/h3-7H,17H2,1-2H3. The number of benzene rings is 2. The van der Waals surface area contributed by atoms with Gasteiger partial charge in [0.2, 0.25) is 0 Å². The monoisotopic (exact) mass is 249 g/mol. The second-order valence-corrected chi connectivity index (χ2v) is 4.22. The Balaban J connectivity index is 2.39. The number of ether oxygens (including phenoxy) is 1. The summed E-state index contributed by atoms with van der Waals surface area (Å²) in [6.45, 7) is 3.82. The molecule has 0 spiro atoms. The fourth-order valence-electron chi connectivity index (χ4n) is 1.76. The first-order valence-electron chi connectivity index (χ1n) is 5.46. The van der Waals surface area contributed by atoms with E-state index in [0.717, 1.165) is 23.3 Å². The third-order valence-corrected chi connectivity index (χ3v) is 2.48. The van der Waals surface area contributed by atoms with E-state index in [2.05, 4.69) is 0 Å². The molecule has 0 amide bonds. The molecule has 4 heteroatoms. The predicted octanol–water partition coefficient (Wildman–Crippen LogP) is 3.96. The maximum atomic E-state index is 13.3. The molecule has 2 rings (SSSR count). The zero-order valence-corrected chi connectivity index (χ0v) is 10.1. The van der Waals surface area contributed by atoms with Crippen molar-refractivity contribution in [2.45, 2.75) is 13.8 Å². The van der Waals surface area contributed by atoms with Gasteiger partial charge in [-0.3, -0.25) is 0 Å². The number of rotatable bonds is 2. The molecule has 0 heterocycles. The molecule has 0 aliphatic heterocycles. The zero-order chi connectivity index (χ0) is 13.3. The minimum Gasteiger partial charge on any atom is -0.455 e. The fourth-order valence-corrected chi connectivity index (χ4v) is 1.76. The minimum absolute atomic E-state index is 0.0162. The van der Waals surface area contributed by atoms with Crippen molar-refractivity contribution in [3.8, 4) is 11.5 Å². The van der Waals surface area contributed by atoms with E-state index < -0.39 is 11.6 Å². The molecule has 2 nitrogen and oxygen atoms in total. The van der Waals surface area contributed by atoms with Gasteiger partial charge in [0.1, 0.15) is 17.3 Å². The highest BCUT2D eigenvalue weighted by Gasteiger charge is 2.10. The van der Waals surface area contributed by atoms with Crippen LogP contribution in [0.1, 0.15) is 11.1 Å². The van der Waals surface area contributed by atoms with Crippen LogP contribution < -0.4 is 10.5 Å². The molecule has 0 saturated heterocycles. The number of hydrogen-bond acceptors (Lipinski definition) is 2. The lowest BCUT2D eigenvalue weighted by Gasteiger charge is -2.10. The highest BCUT2D eigenvalue weighted by molar-refractivity contribution is 5.55. The summed E-state index contributed by atoms with van der Waals surface area (Å²) in [5, 5.41) is 0. The van der Waals surface area contributed by atoms with Crippen LogP contribution in [0.5, 0.6) is 11.5 Å². The molecule has 0 fully saturated rings. The topological polar surface area (TPSA) is 35.2 Å². The van der Waals surface area contributed by atoms with E-state index in [9.17, 15) is 8.78 Å². The number of nitrogens with two attached hydrogens (primary N) is 1. The van der Waals surface area contributed by atoms with Crippen molar-refractivity contribution in [2.75, 3.05) is 5.73 Å². The van der Waals surface area contributed by atoms with Crippen molar-refractivity contribution in [1.82, 2.24) is 0 Å². The van der Waals surface area contributed by atoms with Crippen LogP contribution in [0.25, 0.3) is 0 Å². The van der Waals surface area contributed by atoms with Crippen molar-refractivity contribution in [2.24, 2.45) is 0 Å². The maximum Gasteiger partial charge on any atom is 0.156 e. The SMILES string of the molecule is Cc1cc(C)cc(Oc2cc(F)cc(F)c2N)c1. The van der Waals surface area contributed by atoms with Gasteiger partial charge >= 0.3 is 0 Å². The first-order valence-corrected chi connectivity index (χ1v) is 5.46. The average molecular weight is 249 g/mol. The second-order valence-electron chi connectivity index (χ2n) is 4.22. The molecule has 0 aliphatic rings. The molecule has 18 heavy (non-hydrogen) atoms. The fraction of sp³-hybridized carbons (Fsp3) is 0.143. The Bertz CT molecular complexity index is 576. The lowest BCUT2D eigenvalue weighted by molar-refractivity contribution is 0.471. The normalized spacial score (nSPS) is 10.4.